The number of aliphatic hydroxyl groups excluding tert-OH is 1. The Hall–Kier alpha value is -1.79. The second-order valence-electron chi connectivity index (χ2n) is 6.43. The number of aliphatic hydroxyl groups is 1. The topological polar surface area (TPSA) is 49.5 Å². The van der Waals surface area contributed by atoms with Gasteiger partial charge in [-0.15, -0.1) is 0 Å². The molecule has 6 heteroatoms. The number of hydrogen-bond donors (Lipinski definition) is 1. The lowest BCUT2D eigenvalue weighted by Gasteiger charge is -2.23. The molecule has 2 fully saturated rings. The molecule has 0 spiro atoms. The zero-order valence-corrected chi connectivity index (χ0v) is 12.6. The highest BCUT2D eigenvalue weighted by Crippen LogP contribution is 2.41. The van der Waals surface area contributed by atoms with Crippen molar-refractivity contribution in [2.24, 2.45) is 0 Å². The first kappa shape index (κ1) is 14.8. The van der Waals surface area contributed by atoms with E-state index < -0.39 is 17.7 Å². The fourth-order valence-electron chi connectivity index (χ4n) is 3.28. The van der Waals surface area contributed by atoms with Gasteiger partial charge in [-0.2, -0.15) is 0 Å². The first-order chi connectivity index (χ1) is 11.1. The molecule has 2 aromatic rings. The van der Waals surface area contributed by atoms with Crippen molar-refractivity contribution in [2.45, 2.75) is 43.9 Å². The number of hydrogen-bond acceptors (Lipinski definition) is 4. The second kappa shape index (κ2) is 5.69. The van der Waals surface area contributed by atoms with Gasteiger partial charge in [0.05, 0.1) is 18.8 Å². The van der Waals surface area contributed by atoms with Gasteiger partial charge in [0, 0.05) is 24.1 Å². The minimum atomic E-state index is -0.569. The van der Waals surface area contributed by atoms with Crippen LogP contribution in [0.2, 0.25) is 0 Å². The number of likely N-dealkylation sites (tertiary alicyclic amines) is 1. The monoisotopic (exact) mass is 320 g/mol. The summed E-state index contributed by atoms with van der Waals surface area (Å²) in [5.41, 5.74) is 0.274. The Labute approximate surface area is 132 Å². The summed E-state index contributed by atoms with van der Waals surface area (Å²) < 4.78 is 33.3. The van der Waals surface area contributed by atoms with Crippen LogP contribution >= 0.6 is 0 Å². The molecule has 2 aliphatic rings. The van der Waals surface area contributed by atoms with Crippen molar-refractivity contribution in [1.82, 2.24) is 9.88 Å². The van der Waals surface area contributed by atoms with Crippen LogP contribution in [-0.2, 0) is 6.54 Å². The maximum absolute atomic E-state index is 14.1. The third-order valence-electron chi connectivity index (χ3n) is 4.59. The van der Waals surface area contributed by atoms with E-state index in [4.69, 9.17) is 4.42 Å². The van der Waals surface area contributed by atoms with E-state index in [0.29, 0.717) is 31.3 Å². The van der Waals surface area contributed by atoms with Crippen molar-refractivity contribution in [1.29, 1.82) is 0 Å². The summed E-state index contributed by atoms with van der Waals surface area (Å²) in [5, 5.41) is 9.96. The molecular weight excluding hydrogens is 302 g/mol. The SMILES string of the molecule is OC1CC(c2cc(F)ccc2F)N(Cc2ncc(C3CC3)o2)C1. The van der Waals surface area contributed by atoms with E-state index in [1.165, 1.54) is 6.07 Å². The summed E-state index contributed by atoms with van der Waals surface area (Å²) in [6.07, 6.45) is 3.82. The van der Waals surface area contributed by atoms with Crippen molar-refractivity contribution in [3.63, 3.8) is 0 Å². The van der Waals surface area contributed by atoms with E-state index in [1.807, 2.05) is 4.90 Å². The Morgan fingerprint density at radius 2 is 2.13 bits per heavy atom. The van der Waals surface area contributed by atoms with Gasteiger partial charge in [-0.1, -0.05) is 0 Å². The van der Waals surface area contributed by atoms with E-state index in [-0.39, 0.29) is 11.6 Å². The Morgan fingerprint density at radius 3 is 2.91 bits per heavy atom. The fourth-order valence-corrected chi connectivity index (χ4v) is 3.28. The van der Waals surface area contributed by atoms with Gasteiger partial charge in [0.2, 0.25) is 5.89 Å². The molecule has 2 atom stereocenters. The molecule has 4 nitrogen and oxygen atoms in total. The summed E-state index contributed by atoms with van der Waals surface area (Å²) in [6, 6.07) is 3.06. The molecule has 1 saturated heterocycles. The van der Waals surface area contributed by atoms with Crippen molar-refractivity contribution in [3.8, 4) is 0 Å². The van der Waals surface area contributed by atoms with Crippen LogP contribution < -0.4 is 0 Å². The molecule has 0 radical (unpaired) electrons. The van der Waals surface area contributed by atoms with Gasteiger partial charge in [-0.05, 0) is 37.5 Å². The van der Waals surface area contributed by atoms with Gasteiger partial charge in [-0.25, -0.2) is 13.8 Å². The van der Waals surface area contributed by atoms with Crippen molar-refractivity contribution in [2.75, 3.05) is 6.54 Å². The number of oxazole rings is 1. The van der Waals surface area contributed by atoms with Crippen molar-refractivity contribution >= 4 is 0 Å². The molecule has 0 bridgehead atoms. The summed E-state index contributed by atoms with van der Waals surface area (Å²) in [7, 11) is 0. The number of halogens is 2. The van der Waals surface area contributed by atoms with Crippen LogP contribution in [0.3, 0.4) is 0 Å². The Balaban J connectivity index is 1.56. The van der Waals surface area contributed by atoms with Crippen LogP contribution in [0.15, 0.2) is 28.8 Å². The van der Waals surface area contributed by atoms with Crippen LogP contribution in [0.25, 0.3) is 0 Å². The Morgan fingerprint density at radius 1 is 1.30 bits per heavy atom. The smallest absolute Gasteiger partial charge is 0.208 e. The molecule has 4 rings (SSSR count). The third kappa shape index (κ3) is 3.01. The standard InChI is InChI=1S/C17H18F2N2O2/c18-11-3-4-14(19)13(5-11)15-6-12(22)8-21(15)9-17-20-7-16(23-17)10-1-2-10/h3-5,7,10,12,15,22H,1-2,6,8-9H2. The number of nitrogens with zero attached hydrogens (tertiary/aromatic N) is 2. The normalized spacial score (nSPS) is 25.2. The number of β-amino-alcohol motifs (C(OH)–C–C–N with tert-alkyl or cyclic N) is 1. The van der Waals surface area contributed by atoms with Gasteiger partial charge in [0.1, 0.15) is 17.4 Å². The number of aromatic nitrogens is 1. The molecule has 1 aromatic heterocycles. The quantitative estimate of drug-likeness (QED) is 0.940. The third-order valence-corrected chi connectivity index (χ3v) is 4.59. The molecule has 1 aliphatic carbocycles. The van der Waals surface area contributed by atoms with Crippen LogP contribution in [0.5, 0.6) is 0 Å². The molecule has 1 saturated carbocycles. The maximum atomic E-state index is 14.1. The summed E-state index contributed by atoms with van der Waals surface area (Å²) in [5.74, 6) is 1.00. The molecule has 2 heterocycles. The summed E-state index contributed by atoms with van der Waals surface area (Å²) in [4.78, 5) is 6.17. The van der Waals surface area contributed by atoms with E-state index >= 15 is 0 Å². The average molecular weight is 320 g/mol. The molecule has 0 amide bonds. The maximum Gasteiger partial charge on any atom is 0.208 e. The highest BCUT2D eigenvalue weighted by Gasteiger charge is 2.35. The lowest BCUT2D eigenvalue weighted by atomic mass is 10.0. The van der Waals surface area contributed by atoms with Gasteiger partial charge < -0.3 is 9.52 Å². The second-order valence-corrected chi connectivity index (χ2v) is 6.43. The molecular formula is C17H18F2N2O2. The number of rotatable bonds is 4. The first-order valence-electron chi connectivity index (χ1n) is 7.92. The first-order valence-corrected chi connectivity index (χ1v) is 7.92. The summed E-state index contributed by atoms with van der Waals surface area (Å²) >= 11 is 0. The van der Waals surface area contributed by atoms with Crippen molar-refractivity contribution in [3.05, 3.63) is 53.2 Å². The lowest BCUT2D eigenvalue weighted by Crippen LogP contribution is -2.25. The molecule has 122 valence electrons. The molecule has 1 N–H and O–H groups in total. The molecule has 1 aliphatic heterocycles. The Kier molecular flexibility index (Phi) is 3.66. The van der Waals surface area contributed by atoms with Crippen LogP contribution in [-0.4, -0.2) is 27.6 Å². The zero-order chi connectivity index (χ0) is 16.0. The Bertz CT molecular complexity index is 714. The zero-order valence-electron chi connectivity index (χ0n) is 12.6. The van der Waals surface area contributed by atoms with E-state index in [0.717, 1.165) is 30.7 Å². The van der Waals surface area contributed by atoms with Gasteiger partial charge in [-0.3, -0.25) is 4.90 Å². The van der Waals surface area contributed by atoms with Crippen LogP contribution in [0, 0.1) is 11.6 Å². The van der Waals surface area contributed by atoms with Gasteiger partial charge in [0.15, 0.2) is 0 Å². The predicted octanol–water partition coefficient (Wildman–Crippen LogP) is 3.14. The van der Waals surface area contributed by atoms with E-state index in [1.54, 1.807) is 6.20 Å². The highest BCUT2D eigenvalue weighted by molar-refractivity contribution is 5.24. The highest BCUT2D eigenvalue weighted by atomic mass is 19.1. The molecule has 23 heavy (non-hydrogen) atoms. The van der Waals surface area contributed by atoms with Gasteiger partial charge >= 0.3 is 0 Å². The van der Waals surface area contributed by atoms with Gasteiger partial charge in [0.25, 0.3) is 0 Å². The van der Waals surface area contributed by atoms with E-state index in [2.05, 4.69) is 4.98 Å². The molecule has 1 aromatic carbocycles. The van der Waals surface area contributed by atoms with Crippen LogP contribution in [0.4, 0.5) is 8.78 Å². The van der Waals surface area contributed by atoms with E-state index in [9.17, 15) is 13.9 Å². The number of benzene rings is 1. The summed E-state index contributed by atoms with van der Waals surface area (Å²) in [6.45, 7) is 0.770. The minimum Gasteiger partial charge on any atom is -0.444 e. The molecule has 2 unspecified atom stereocenters. The van der Waals surface area contributed by atoms with Crippen LogP contribution in [0.1, 0.15) is 48.4 Å². The minimum absolute atomic E-state index is 0.274. The average Bonchev–Trinajstić information content (AvgIpc) is 3.16. The van der Waals surface area contributed by atoms with Crippen molar-refractivity contribution < 1.29 is 18.3 Å². The largest absolute Gasteiger partial charge is 0.444 e. The predicted molar refractivity (Wildman–Crippen MR) is 78.6 cm³/mol. The lowest BCUT2D eigenvalue weighted by molar-refractivity contribution is 0.166. The fraction of sp³-hybridized carbons (Fsp3) is 0.471.